The number of phenolic OH excluding ortho intramolecular Hbond substituents is 1. The molecule has 0 aliphatic rings. The predicted octanol–water partition coefficient (Wildman–Crippen LogP) is 4.29. The van der Waals surface area contributed by atoms with Crippen LogP contribution in [0.2, 0.25) is 0 Å². The van der Waals surface area contributed by atoms with Crippen LogP contribution in [0.3, 0.4) is 0 Å². The van der Waals surface area contributed by atoms with E-state index in [0.717, 1.165) is 11.1 Å². The molecule has 0 aliphatic heterocycles. The molecular formula is C18H16O3. The van der Waals surface area contributed by atoms with E-state index in [4.69, 9.17) is 4.42 Å². The second-order valence-corrected chi connectivity index (χ2v) is 5.41. The van der Waals surface area contributed by atoms with Crippen molar-refractivity contribution < 1.29 is 9.52 Å². The molecule has 1 aromatic heterocycles. The molecule has 0 bridgehead atoms. The van der Waals surface area contributed by atoms with Crippen molar-refractivity contribution in [1.29, 1.82) is 0 Å². The number of benzene rings is 2. The first-order chi connectivity index (χ1) is 10.1. The number of aromatic hydroxyl groups is 1. The Morgan fingerprint density at radius 3 is 2.48 bits per heavy atom. The lowest BCUT2D eigenvalue weighted by Gasteiger charge is -2.10. The fourth-order valence-electron chi connectivity index (χ4n) is 2.46. The van der Waals surface area contributed by atoms with Crippen molar-refractivity contribution in [3.05, 3.63) is 64.5 Å². The van der Waals surface area contributed by atoms with E-state index in [0.29, 0.717) is 16.5 Å². The molecule has 1 N–H and O–H groups in total. The fraction of sp³-hybridized carbons (Fsp3) is 0.167. The van der Waals surface area contributed by atoms with E-state index in [1.807, 2.05) is 44.2 Å². The van der Waals surface area contributed by atoms with Gasteiger partial charge in [-0.25, -0.2) is 0 Å². The van der Waals surface area contributed by atoms with E-state index in [-0.39, 0.29) is 17.1 Å². The first-order valence-electron chi connectivity index (χ1n) is 6.91. The summed E-state index contributed by atoms with van der Waals surface area (Å²) in [5, 5.41) is 10.5. The number of rotatable bonds is 2. The minimum Gasteiger partial charge on any atom is -0.508 e. The minimum atomic E-state index is -0.0793. The molecule has 0 aliphatic carbocycles. The Hall–Kier alpha value is -2.55. The van der Waals surface area contributed by atoms with Gasteiger partial charge in [0.05, 0.1) is 10.9 Å². The Balaban J connectivity index is 2.30. The van der Waals surface area contributed by atoms with Crippen molar-refractivity contribution in [1.82, 2.24) is 0 Å². The highest BCUT2D eigenvalue weighted by Crippen LogP contribution is 2.30. The molecule has 0 amide bonds. The van der Waals surface area contributed by atoms with Crippen molar-refractivity contribution in [2.24, 2.45) is 0 Å². The molecule has 1 heterocycles. The van der Waals surface area contributed by atoms with Crippen LogP contribution in [-0.2, 0) is 0 Å². The zero-order valence-electron chi connectivity index (χ0n) is 12.0. The van der Waals surface area contributed by atoms with Crippen LogP contribution in [0.5, 0.6) is 5.75 Å². The maximum Gasteiger partial charge on any atom is 0.200 e. The molecule has 3 aromatic rings. The standard InChI is InChI=1S/C18H16O3/c1-11(2)13-8-14-17(9-16(13)19)21-10-15(18(14)20)12-6-4-3-5-7-12/h3-11,19H,1-2H3. The lowest BCUT2D eigenvalue weighted by atomic mass is 9.98. The normalized spacial score (nSPS) is 11.2. The third-order valence-electron chi connectivity index (χ3n) is 3.63. The molecule has 106 valence electrons. The molecule has 2 aromatic carbocycles. The van der Waals surface area contributed by atoms with Gasteiger partial charge in [-0.1, -0.05) is 44.2 Å². The summed E-state index contributed by atoms with van der Waals surface area (Å²) in [6.45, 7) is 3.95. The third kappa shape index (κ3) is 2.31. The highest BCUT2D eigenvalue weighted by Gasteiger charge is 2.13. The molecule has 3 nitrogen and oxygen atoms in total. The molecule has 0 spiro atoms. The van der Waals surface area contributed by atoms with Crippen LogP contribution < -0.4 is 5.43 Å². The van der Waals surface area contributed by atoms with E-state index in [1.54, 1.807) is 6.07 Å². The molecule has 0 atom stereocenters. The van der Waals surface area contributed by atoms with Gasteiger partial charge in [-0.3, -0.25) is 4.79 Å². The summed E-state index contributed by atoms with van der Waals surface area (Å²) in [5.41, 5.74) is 2.43. The van der Waals surface area contributed by atoms with Crippen LogP contribution >= 0.6 is 0 Å². The highest BCUT2D eigenvalue weighted by molar-refractivity contribution is 5.83. The molecule has 3 rings (SSSR count). The largest absolute Gasteiger partial charge is 0.508 e. The van der Waals surface area contributed by atoms with Gasteiger partial charge < -0.3 is 9.52 Å². The topological polar surface area (TPSA) is 50.4 Å². The minimum absolute atomic E-state index is 0.0793. The molecule has 0 saturated heterocycles. The molecule has 0 fully saturated rings. The summed E-state index contributed by atoms with van der Waals surface area (Å²) in [7, 11) is 0. The lowest BCUT2D eigenvalue weighted by molar-refractivity contribution is 0.463. The quantitative estimate of drug-likeness (QED) is 0.761. The van der Waals surface area contributed by atoms with E-state index in [2.05, 4.69) is 0 Å². The first kappa shape index (κ1) is 13.4. The second kappa shape index (κ2) is 5.09. The van der Waals surface area contributed by atoms with Crippen molar-refractivity contribution in [3.63, 3.8) is 0 Å². The maximum absolute atomic E-state index is 12.7. The lowest BCUT2D eigenvalue weighted by Crippen LogP contribution is -2.05. The first-order valence-corrected chi connectivity index (χ1v) is 6.91. The Bertz CT molecular complexity index is 845. The van der Waals surface area contributed by atoms with Crippen LogP contribution in [0, 0.1) is 0 Å². The van der Waals surface area contributed by atoms with Gasteiger partial charge in [0.25, 0.3) is 0 Å². The third-order valence-corrected chi connectivity index (χ3v) is 3.63. The van der Waals surface area contributed by atoms with E-state index in [1.165, 1.54) is 12.3 Å². The smallest absolute Gasteiger partial charge is 0.200 e. The van der Waals surface area contributed by atoms with Gasteiger partial charge in [0.1, 0.15) is 17.6 Å². The Morgan fingerprint density at radius 1 is 1.10 bits per heavy atom. The predicted molar refractivity (Wildman–Crippen MR) is 83.7 cm³/mol. The van der Waals surface area contributed by atoms with E-state index < -0.39 is 0 Å². The van der Waals surface area contributed by atoms with Gasteiger partial charge >= 0.3 is 0 Å². The van der Waals surface area contributed by atoms with Crippen molar-refractivity contribution in [3.8, 4) is 16.9 Å². The SMILES string of the molecule is CC(C)c1cc2c(=O)c(-c3ccccc3)coc2cc1O. The number of fused-ring (bicyclic) bond motifs is 1. The summed E-state index contributed by atoms with van der Waals surface area (Å²) in [6.07, 6.45) is 1.45. The Morgan fingerprint density at radius 2 is 1.81 bits per heavy atom. The molecule has 3 heteroatoms. The average Bonchev–Trinajstić information content (AvgIpc) is 2.47. The zero-order valence-corrected chi connectivity index (χ0v) is 12.0. The number of phenols is 1. The second-order valence-electron chi connectivity index (χ2n) is 5.41. The van der Waals surface area contributed by atoms with Crippen LogP contribution in [-0.4, -0.2) is 5.11 Å². The summed E-state index contributed by atoms with van der Waals surface area (Å²) < 4.78 is 5.53. The molecule has 0 radical (unpaired) electrons. The molecule has 0 unspecified atom stereocenters. The van der Waals surface area contributed by atoms with Gasteiger partial charge in [-0.15, -0.1) is 0 Å². The molecular weight excluding hydrogens is 264 g/mol. The van der Waals surface area contributed by atoms with Gasteiger partial charge in [-0.2, -0.15) is 0 Å². The fourth-order valence-corrected chi connectivity index (χ4v) is 2.46. The van der Waals surface area contributed by atoms with Crippen LogP contribution in [0.15, 0.2) is 57.9 Å². The highest BCUT2D eigenvalue weighted by atomic mass is 16.3. The summed E-state index contributed by atoms with van der Waals surface area (Å²) in [5.74, 6) is 0.294. The summed E-state index contributed by atoms with van der Waals surface area (Å²) in [4.78, 5) is 12.7. The summed E-state index contributed by atoms with van der Waals surface area (Å²) >= 11 is 0. The van der Waals surface area contributed by atoms with E-state index >= 15 is 0 Å². The van der Waals surface area contributed by atoms with Gasteiger partial charge in [0.2, 0.25) is 5.43 Å². The summed E-state index contributed by atoms with van der Waals surface area (Å²) in [6, 6.07) is 12.7. The average molecular weight is 280 g/mol. The van der Waals surface area contributed by atoms with Crippen LogP contribution in [0.4, 0.5) is 0 Å². The number of hydrogen-bond donors (Lipinski definition) is 1. The van der Waals surface area contributed by atoms with Crippen LogP contribution in [0.1, 0.15) is 25.3 Å². The maximum atomic E-state index is 12.7. The van der Waals surface area contributed by atoms with Crippen molar-refractivity contribution in [2.45, 2.75) is 19.8 Å². The zero-order chi connectivity index (χ0) is 15.0. The van der Waals surface area contributed by atoms with Gasteiger partial charge in [-0.05, 0) is 23.1 Å². The molecule has 21 heavy (non-hydrogen) atoms. The van der Waals surface area contributed by atoms with Crippen molar-refractivity contribution >= 4 is 11.0 Å². The van der Waals surface area contributed by atoms with Crippen LogP contribution in [0.25, 0.3) is 22.1 Å². The Labute approximate surface area is 122 Å². The molecule has 0 saturated carbocycles. The monoisotopic (exact) mass is 280 g/mol. The van der Waals surface area contributed by atoms with Crippen molar-refractivity contribution in [2.75, 3.05) is 0 Å². The Kier molecular flexibility index (Phi) is 3.26. The van der Waals surface area contributed by atoms with E-state index in [9.17, 15) is 9.90 Å². The van der Waals surface area contributed by atoms with Gasteiger partial charge in [0, 0.05) is 6.07 Å². The number of hydrogen-bond acceptors (Lipinski definition) is 3. The van der Waals surface area contributed by atoms with Gasteiger partial charge in [0.15, 0.2) is 0 Å².